The van der Waals surface area contributed by atoms with Crippen molar-refractivity contribution in [1.82, 2.24) is 14.5 Å². The number of thiophene rings is 1. The maximum Gasteiger partial charge on any atom is 0.160 e. The Morgan fingerprint density at radius 2 is 1.06 bits per heavy atom. The molecule has 0 radical (unpaired) electrons. The number of fused-ring (bicyclic) bond motifs is 6. The maximum atomic E-state index is 5.30. The van der Waals surface area contributed by atoms with Gasteiger partial charge >= 0.3 is 0 Å². The number of hydrogen-bond donors (Lipinski definition) is 0. The van der Waals surface area contributed by atoms with Crippen molar-refractivity contribution in [3.63, 3.8) is 0 Å². The lowest BCUT2D eigenvalue weighted by Crippen LogP contribution is -1.97. The van der Waals surface area contributed by atoms with Crippen LogP contribution < -0.4 is 0 Å². The molecular weight excluding hydrogens is 627 g/mol. The predicted molar refractivity (Wildman–Crippen MR) is 211 cm³/mol. The van der Waals surface area contributed by atoms with Crippen molar-refractivity contribution >= 4 is 53.3 Å². The second-order valence-electron chi connectivity index (χ2n) is 12.6. The third kappa shape index (κ3) is 4.73. The fraction of sp³-hybridized carbons (Fsp3) is 0. The van der Waals surface area contributed by atoms with Gasteiger partial charge in [-0.3, -0.25) is 0 Å². The summed E-state index contributed by atoms with van der Waals surface area (Å²) in [5, 5.41) is 4.94. The van der Waals surface area contributed by atoms with Crippen LogP contribution in [0.2, 0.25) is 0 Å². The Morgan fingerprint density at radius 1 is 0.400 bits per heavy atom. The van der Waals surface area contributed by atoms with Crippen LogP contribution >= 0.6 is 11.3 Å². The fourth-order valence-corrected chi connectivity index (χ4v) is 8.49. The Kier molecular flexibility index (Phi) is 6.68. The summed E-state index contributed by atoms with van der Waals surface area (Å²) in [6, 6.07) is 62.4. The van der Waals surface area contributed by atoms with E-state index in [1.165, 1.54) is 47.5 Å². The number of nitrogens with zero attached hydrogens (tertiary/aromatic N) is 3. The van der Waals surface area contributed by atoms with Gasteiger partial charge in [0.25, 0.3) is 0 Å². The van der Waals surface area contributed by atoms with E-state index in [0.29, 0.717) is 5.82 Å². The molecule has 0 fully saturated rings. The van der Waals surface area contributed by atoms with Crippen LogP contribution in [0.1, 0.15) is 0 Å². The van der Waals surface area contributed by atoms with Crippen LogP contribution in [0.4, 0.5) is 0 Å². The van der Waals surface area contributed by atoms with Gasteiger partial charge in [0.2, 0.25) is 0 Å². The molecule has 50 heavy (non-hydrogen) atoms. The van der Waals surface area contributed by atoms with Crippen LogP contribution in [0, 0.1) is 0 Å². The highest BCUT2D eigenvalue weighted by atomic mass is 32.1. The highest BCUT2D eigenvalue weighted by Crippen LogP contribution is 2.41. The topological polar surface area (TPSA) is 30.7 Å². The van der Waals surface area contributed by atoms with Crippen LogP contribution in [0.25, 0.3) is 92.7 Å². The molecule has 0 aliphatic rings. The van der Waals surface area contributed by atoms with Gasteiger partial charge in [-0.25, -0.2) is 9.97 Å². The number of hydrogen-bond acceptors (Lipinski definition) is 3. The number of para-hydroxylation sites is 2. The van der Waals surface area contributed by atoms with Gasteiger partial charge in [0, 0.05) is 53.3 Å². The average Bonchev–Trinajstić information content (AvgIpc) is 3.74. The molecule has 4 heteroatoms. The molecule has 3 nitrogen and oxygen atoms in total. The Hall–Kier alpha value is -6.36. The zero-order valence-electron chi connectivity index (χ0n) is 27.0. The van der Waals surface area contributed by atoms with Gasteiger partial charge < -0.3 is 4.57 Å². The van der Waals surface area contributed by atoms with E-state index < -0.39 is 0 Å². The number of aromatic nitrogens is 3. The summed E-state index contributed by atoms with van der Waals surface area (Å²) in [4.78, 5) is 10.6. The molecule has 0 amide bonds. The molecule has 0 bridgehead atoms. The van der Waals surface area contributed by atoms with Gasteiger partial charge in [0.1, 0.15) is 0 Å². The smallest absolute Gasteiger partial charge is 0.160 e. The quantitative estimate of drug-likeness (QED) is 0.185. The molecule has 0 atom stereocenters. The van der Waals surface area contributed by atoms with Gasteiger partial charge in [0.15, 0.2) is 5.82 Å². The van der Waals surface area contributed by atoms with Gasteiger partial charge in [-0.05, 0) is 59.7 Å². The summed E-state index contributed by atoms with van der Waals surface area (Å²) in [7, 11) is 0. The van der Waals surface area contributed by atoms with E-state index in [4.69, 9.17) is 9.97 Å². The summed E-state index contributed by atoms with van der Waals surface area (Å²) in [5.74, 6) is 0.709. The second kappa shape index (κ2) is 11.7. The molecule has 0 aliphatic carbocycles. The van der Waals surface area contributed by atoms with Crippen LogP contribution in [-0.2, 0) is 0 Å². The van der Waals surface area contributed by atoms with Crippen LogP contribution in [0.5, 0.6) is 0 Å². The zero-order chi connectivity index (χ0) is 33.0. The van der Waals surface area contributed by atoms with Gasteiger partial charge in [-0.2, -0.15) is 0 Å². The second-order valence-corrected chi connectivity index (χ2v) is 13.7. The monoisotopic (exact) mass is 655 g/mol. The van der Waals surface area contributed by atoms with Crippen molar-refractivity contribution in [2.75, 3.05) is 0 Å². The molecule has 3 heterocycles. The van der Waals surface area contributed by atoms with Crippen molar-refractivity contribution in [2.45, 2.75) is 0 Å². The predicted octanol–water partition coefficient (Wildman–Crippen LogP) is 12.6. The lowest BCUT2D eigenvalue weighted by atomic mass is 10.0. The van der Waals surface area contributed by atoms with Crippen molar-refractivity contribution in [3.05, 3.63) is 176 Å². The first-order valence-electron chi connectivity index (χ1n) is 16.8. The van der Waals surface area contributed by atoms with E-state index >= 15 is 0 Å². The molecule has 234 valence electrons. The highest BCUT2D eigenvalue weighted by Gasteiger charge is 2.18. The lowest BCUT2D eigenvalue weighted by molar-refractivity contribution is 1.18. The number of benzene rings is 7. The molecule has 7 aromatic carbocycles. The molecule has 3 aromatic heterocycles. The SMILES string of the molecule is c1ccc(-c2cccc(-c3nc(-c4ccc5c(c4)c4ccccc4n5-c4ccccc4)cc(-c4cccc5c4sc4ccccc45)n3)c2)cc1. The first-order valence-corrected chi connectivity index (χ1v) is 17.6. The maximum absolute atomic E-state index is 5.30. The first-order chi connectivity index (χ1) is 24.8. The van der Waals surface area contributed by atoms with Gasteiger partial charge in [0.05, 0.1) is 22.4 Å². The van der Waals surface area contributed by atoms with Crippen LogP contribution in [0.3, 0.4) is 0 Å². The third-order valence-corrected chi connectivity index (χ3v) is 10.8. The summed E-state index contributed by atoms with van der Waals surface area (Å²) in [6.45, 7) is 0. The van der Waals surface area contributed by atoms with Crippen molar-refractivity contribution in [2.24, 2.45) is 0 Å². The third-order valence-electron chi connectivity index (χ3n) is 9.62. The molecule has 10 aromatic rings. The lowest BCUT2D eigenvalue weighted by Gasteiger charge is -2.12. The Bertz CT molecular complexity index is 2870. The molecule has 0 saturated heterocycles. The fourth-order valence-electron chi connectivity index (χ4n) is 7.27. The molecule has 0 N–H and O–H groups in total. The zero-order valence-corrected chi connectivity index (χ0v) is 27.8. The van der Waals surface area contributed by atoms with Crippen molar-refractivity contribution < 1.29 is 0 Å². The van der Waals surface area contributed by atoms with E-state index in [1.807, 2.05) is 11.3 Å². The van der Waals surface area contributed by atoms with E-state index in [9.17, 15) is 0 Å². The Morgan fingerprint density at radius 3 is 1.94 bits per heavy atom. The Labute approximate surface area is 293 Å². The van der Waals surface area contributed by atoms with Crippen LogP contribution in [0.15, 0.2) is 176 Å². The van der Waals surface area contributed by atoms with Crippen molar-refractivity contribution in [1.29, 1.82) is 0 Å². The normalized spacial score (nSPS) is 11.6. The van der Waals surface area contributed by atoms with Gasteiger partial charge in [-0.15, -0.1) is 11.3 Å². The molecular formula is C46H29N3S. The molecule has 0 aliphatic heterocycles. The van der Waals surface area contributed by atoms with E-state index in [0.717, 1.165) is 39.3 Å². The minimum Gasteiger partial charge on any atom is -0.309 e. The van der Waals surface area contributed by atoms with Gasteiger partial charge in [-0.1, -0.05) is 127 Å². The standard InChI is InChI=1S/C46H29N3S/c1-3-13-30(14-4-1)31-15-11-16-33(27-31)46-47-40(29-41(48-46)38-22-12-21-37-36-20-8-10-24-44(36)50-45(37)38)32-25-26-43-39(28-32)35-19-7-9-23-42(35)49(43)34-17-5-2-6-18-34/h1-29H. The van der Waals surface area contributed by atoms with Crippen LogP contribution in [-0.4, -0.2) is 14.5 Å². The van der Waals surface area contributed by atoms with E-state index in [1.54, 1.807) is 0 Å². The average molecular weight is 656 g/mol. The molecule has 0 saturated carbocycles. The first kappa shape index (κ1) is 28.6. The van der Waals surface area contributed by atoms with E-state index in [-0.39, 0.29) is 0 Å². The summed E-state index contributed by atoms with van der Waals surface area (Å²) >= 11 is 1.83. The van der Waals surface area contributed by atoms with E-state index in [2.05, 4.69) is 180 Å². The summed E-state index contributed by atoms with van der Waals surface area (Å²) in [5.41, 5.74) is 10.8. The summed E-state index contributed by atoms with van der Waals surface area (Å²) in [6.07, 6.45) is 0. The molecule has 0 spiro atoms. The minimum atomic E-state index is 0.709. The Balaban J connectivity index is 1.21. The molecule has 10 rings (SSSR count). The highest BCUT2D eigenvalue weighted by molar-refractivity contribution is 7.26. The molecule has 0 unspecified atom stereocenters. The largest absolute Gasteiger partial charge is 0.309 e. The number of rotatable bonds is 5. The minimum absolute atomic E-state index is 0.709. The van der Waals surface area contributed by atoms with Crippen molar-refractivity contribution in [3.8, 4) is 50.7 Å². The summed E-state index contributed by atoms with van der Waals surface area (Å²) < 4.78 is 4.87.